The smallest absolute Gasteiger partial charge is 0.219 e. The minimum Gasteiger partial charge on any atom is -0.466 e. The normalized spacial score (nSPS) is 13.8. The van der Waals surface area contributed by atoms with Crippen LogP contribution in [0.1, 0.15) is 27.0 Å². The molecule has 7 heteroatoms. The van der Waals surface area contributed by atoms with Crippen molar-refractivity contribution in [3.8, 4) is 17.2 Å². The van der Waals surface area contributed by atoms with Gasteiger partial charge in [-0.15, -0.1) is 0 Å². The van der Waals surface area contributed by atoms with Gasteiger partial charge in [-0.3, -0.25) is 0 Å². The van der Waals surface area contributed by atoms with Crippen molar-refractivity contribution in [1.29, 1.82) is 0 Å². The van der Waals surface area contributed by atoms with Gasteiger partial charge in [-0.1, -0.05) is 32.4 Å². The zero-order valence-corrected chi connectivity index (χ0v) is 16.2. The first-order chi connectivity index (χ1) is 12.8. The van der Waals surface area contributed by atoms with E-state index < -0.39 is 17.7 Å². The van der Waals surface area contributed by atoms with Crippen molar-refractivity contribution in [2.24, 2.45) is 5.41 Å². The van der Waals surface area contributed by atoms with Crippen LogP contribution in [-0.2, 0) is 0 Å². The van der Waals surface area contributed by atoms with Crippen LogP contribution in [0.5, 0.6) is 17.2 Å². The van der Waals surface area contributed by atoms with E-state index in [0.717, 1.165) is 0 Å². The van der Waals surface area contributed by atoms with E-state index in [-0.39, 0.29) is 0 Å². The summed E-state index contributed by atoms with van der Waals surface area (Å²) in [5, 5.41) is 15.5. The van der Waals surface area contributed by atoms with Crippen LogP contribution in [0.3, 0.4) is 0 Å². The Bertz CT molecular complexity index is 844. The zero-order chi connectivity index (χ0) is 19.4. The molecule has 1 heterocycles. The molecule has 0 saturated carbocycles. The summed E-state index contributed by atoms with van der Waals surface area (Å²) >= 11 is 5.88. The number of aliphatic hydroxyl groups is 1. The highest BCUT2D eigenvalue weighted by atomic mass is 35.5. The van der Waals surface area contributed by atoms with E-state index in [4.69, 9.17) is 21.1 Å². The number of hydrogen-bond donors (Lipinski definition) is 1. The van der Waals surface area contributed by atoms with Crippen LogP contribution < -0.4 is 9.47 Å². The first kappa shape index (κ1) is 19.2. The second-order valence-electron chi connectivity index (χ2n) is 7.22. The maximum Gasteiger partial charge on any atom is 0.219 e. The van der Waals surface area contributed by atoms with Crippen molar-refractivity contribution in [1.82, 2.24) is 14.8 Å². The van der Waals surface area contributed by atoms with Crippen molar-refractivity contribution in [3.05, 3.63) is 66.2 Å². The van der Waals surface area contributed by atoms with Crippen LogP contribution >= 0.6 is 11.6 Å². The SMILES string of the molecule is CC(C)(C)C(O)C(Oc1ccc(Oc2ccc(Cl)cc2)cc1)n1cncn1. The lowest BCUT2D eigenvalue weighted by Gasteiger charge is -2.32. The Morgan fingerprint density at radius 2 is 1.52 bits per heavy atom. The number of hydrogen-bond acceptors (Lipinski definition) is 5. The summed E-state index contributed by atoms with van der Waals surface area (Å²) in [4.78, 5) is 3.95. The van der Waals surface area contributed by atoms with Gasteiger partial charge in [0.05, 0.1) is 0 Å². The summed E-state index contributed by atoms with van der Waals surface area (Å²) in [5.74, 6) is 1.94. The largest absolute Gasteiger partial charge is 0.466 e. The van der Waals surface area contributed by atoms with Crippen LogP contribution in [0.4, 0.5) is 0 Å². The number of aliphatic hydroxyl groups excluding tert-OH is 1. The average molecular weight is 388 g/mol. The van der Waals surface area contributed by atoms with E-state index in [2.05, 4.69) is 10.1 Å². The summed E-state index contributed by atoms with van der Waals surface area (Å²) in [5.41, 5.74) is -0.395. The van der Waals surface area contributed by atoms with E-state index in [0.29, 0.717) is 22.3 Å². The van der Waals surface area contributed by atoms with Gasteiger partial charge >= 0.3 is 0 Å². The van der Waals surface area contributed by atoms with Crippen molar-refractivity contribution in [3.63, 3.8) is 0 Å². The maximum absolute atomic E-state index is 10.7. The monoisotopic (exact) mass is 387 g/mol. The van der Waals surface area contributed by atoms with Crippen molar-refractivity contribution in [2.45, 2.75) is 33.1 Å². The predicted molar refractivity (Wildman–Crippen MR) is 103 cm³/mol. The second-order valence-corrected chi connectivity index (χ2v) is 7.66. The minimum atomic E-state index is -0.788. The molecule has 6 nitrogen and oxygen atoms in total. The molecule has 0 bridgehead atoms. The zero-order valence-electron chi connectivity index (χ0n) is 15.4. The average Bonchev–Trinajstić information content (AvgIpc) is 3.16. The van der Waals surface area contributed by atoms with Gasteiger partial charge in [0.25, 0.3) is 0 Å². The van der Waals surface area contributed by atoms with Gasteiger partial charge in [0.2, 0.25) is 6.23 Å². The van der Waals surface area contributed by atoms with Crippen LogP contribution in [-0.4, -0.2) is 26.0 Å². The molecule has 2 unspecified atom stereocenters. The van der Waals surface area contributed by atoms with E-state index >= 15 is 0 Å². The molecule has 0 spiro atoms. The van der Waals surface area contributed by atoms with Gasteiger partial charge in [0.1, 0.15) is 36.0 Å². The fourth-order valence-electron chi connectivity index (χ4n) is 2.40. The topological polar surface area (TPSA) is 69.4 Å². The van der Waals surface area contributed by atoms with Crippen LogP contribution in [0, 0.1) is 5.41 Å². The number of aromatic nitrogens is 3. The van der Waals surface area contributed by atoms with E-state index in [1.807, 2.05) is 20.8 Å². The molecule has 142 valence electrons. The van der Waals surface area contributed by atoms with Gasteiger partial charge in [-0.2, -0.15) is 5.10 Å². The van der Waals surface area contributed by atoms with Crippen molar-refractivity contribution in [2.75, 3.05) is 0 Å². The molecule has 0 fully saturated rings. The molecule has 0 aliphatic rings. The summed E-state index contributed by atoms with van der Waals surface area (Å²) < 4.78 is 13.3. The lowest BCUT2D eigenvalue weighted by molar-refractivity contribution is -0.0731. The summed E-state index contributed by atoms with van der Waals surface area (Å²) in [6.45, 7) is 5.82. The molecule has 3 rings (SSSR count). The number of benzene rings is 2. The van der Waals surface area contributed by atoms with Crippen LogP contribution in [0.15, 0.2) is 61.2 Å². The molecular formula is C20H22ClN3O3. The molecule has 0 aliphatic heterocycles. The molecule has 3 aromatic rings. The highest BCUT2D eigenvalue weighted by Gasteiger charge is 2.34. The Morgan fingerprint density at radius 3 is 2.04 bits per heavy atom. The predicted octanol–water partition coefficient (Wildman–Crippen LogP) is 4.71. The molecule has 2 aromatic carbocycles. The quantitative estimate of drug-likeness (QED) is 0.663. The van der Waals surface area contributed by atoms with Gasteiger partial charge in [-0.05, 0) is 53.9 Å². The molecular weight excluding hydrogens is 366 g/mol. The van der Waals surface area contributed by atoms with Gasteiger partial charge in [0.15, 0.2) is 0 Å². The van der Waals surface area contributed by atoms with Gasteiger partial charge < -0.3 is 14.6 Å². The number of ether oxygens (including phenoxy) is 2. The molecule has 0 saturated heterocycles. The third kappa shape index (κ3) is 4.99. The molecule has 1 aromatic heterocycles. The Kier molecular flexibility index (Phi) is 5.68. The van der Waals surface area contributed by atoms with Crippen molar-refractivity contribution < 1.29 is 14.6 Å². The summed E-state index contributed by atoms with van der Waals surface area (Å²) in [6.07, 6.45) is 1.45. The lowest BCUT2D eigenvalue weighted by Crippen LogP contribution is -2.38. The highest BCUT2D eigenvalue weighted by molar-refractivity contribution is 6.30. The highest BCUT2D eigenvalue weighted by Crippen LogP contribution is 2.31. The molecule has 27 heavy (non-hydrogen) atoms. The fourth-order valence-corrected chi connectivity index (χ4v) is 2.53. The molecule has 1 N–H and O–H groups in total. The molecule has 2 atom stereocenters. The molecule has 0 amide bonds. The first-order valence-electron chi connectivity index (χ1n) is 8.55. The van der Waals surface area contributed by atoms with Crippen LogP contribution in [0.2, 0.25) is 5.02 Å². The number of nitrogens with zero attached hydrogens (tertiary/aromatic N) is 3. The van der Waals surface area contributed by atoms with E-state index in [9.17, 15) is 5.11 Å². The number of halogens is 1. The Morgan fingerprint density at radius 1 is 0.963 bits per heavy atom. The lowest BCUT2D eigenvalue weighted by atomic mass is 9.88. The van der Waals surface area contributed by atoms with Crippen molar-refractivity contribution >= 4 is 11.6 Å². The minimum absolute atomic E-state index is 0.395. The fraction of sp³-hybridized carbons (Fsp3) is 0.300. The molecule has 0 radical (unpaired) electrons. The number of rotatable bonds is 6. The Labute approximate surface area is 163 Å². The first-order valence-corrected chi connectivity index (χ1v) is 8.93. The van der Waals surface area contributed by atoms with E-state index in [1.54, 1.807) is 48.5 Å². The Balaban J connectivity index is 1.74. The van der Waals surface area contributed by atoms with Gasteiger partial charge in [0, 0.05) is 5.02 Å². The Hall–Kier alpha value is -2.57. The van der Waals surface area contributed by atoms with E-state index in [1.165, 1.54) is 17.3 Å². The summed E-state index contributed by atoms with van der Waals surface area (Å²) in [6, 6.07) is 14.3. The van der Waals surface area contributed by atoms with Gasteiger partial charge in [-0.25, -0.2) is 9.67 Å². The van der Waals surface area contributed by atoms with Crippen LogP contribution in [0.25, 0.3) is 0 Å². The summed E-state index contributed by atoms with van der Waals surface area (Å²) in [7, 11) is 0. The third-order valence-electron chi connectivity index (χ3n) is 3.98. The molecule has 0 aliphatic carbocycles. The second kappa shape index (κ2) is 7.98. The third-order valence-corrected chi connectivity index (χ3v) is 4.24. The standard InChI is InChI=1S/C20H22ClN3O3/c1-20(2,3)18(25)19(24-13-22-12-23-24)27-17-10-8-16(9-11-17)26-15-6-4-14(21)5-7-15/h4-13,18-19,25H,1-3H3. The maximum atomic E-state index is 10.7.